The molecule has 0 radical (unpaired) electrons. The van der Waals surface area contributed by atoms with Crippen molar-refractivity contribution in [2.24, 2.45) is 0 Å². The van der Waals surface area contributed by atoms with Gasteiger partial charge in [0.15, 0.2) is 5.78 Å². The normalized spacial score (nSPS) is 20.1. The predicted octanol–water partition coefficient (Wildman–Crippen LogP) is 7.95. The minimum Gasteiger partial charge on any atom is -0.366 e. The molecule has 3 nitrogen and oxygen atoms in total. The van der Waals surface area contributed by atoms with E-state index in [4.69, 9.17) is 9.47 Å². The number of rotatable bonds is 10. The van der Waals surface area contributed by atoms with Crippen molar-refractivity contribution < 1.29 is 14.3 Å². The van der Waals surface area contributed by atoms with Crippen LogP contribution in [0.5, 0.6) is 0 Å². The van der Waals surface area contributed by atoms with Crippen LogP contribution in [0.1, 0.15) is 103 Å². The minimum atomic E-state index is -0.570. The second-order valence-electron chi connectivity index (χ2n) is 12.1. The first kappa shape index (κ1) is 27.1. The van der Waals surface area contributed by atoms with Gasteiger partial charge in [-0.1, -0.05) is 127 Å². The molecule has 2 saturated carbocycles. The van der Waals surface area contributed by atoms with Gasteiger partial charge in [-0.15, -0.1) is 0 Å². The maximum atomic E-state index is 14.8. The highest BCUT2D eigenvalue weighted by Gasteiger charge is 2.48. The van der Waals surface area contributed by atoms with Crippen molar-refractivity contribution in [2.75, 3.05) is 0 Å². The number of hydrogen-bond acceptors (Lipinski definition) is 3. The van der Waals surface area contributed by atoms with E-state index < -0.39 is 23.0 Å². The summed E-state index contributed by atoms with van der Waals surface area (Å²) < 4.78 is 13.7. The van der Waals surface area contributed by atoms with Crippen LogP contribution in [-0.2, 0) is 25.1 Å². The van der Waals surface area contributed by atoms with Gasteiger partial charge in [-0.05, 0) is 36.8 Å². The van der Waals surface area contributed by atoms with E-state index in [0.717, 1.165) is 36.8 Å². The van der Waals surface area contributed by atoms with Crippen molar-refractivity contribution in [3.05, 3.63) is 71.8 Å². The Kier molecular flexibility index (Phi) is 9.06. The van der Waals surface area contributed by atoms with Gasteiger partial charge in [0.1, 0.15) is 12.2 Å². The molecule has 0 saturated heterocycles. The van der Waals surface area contributed by atoms with Crippen LogP contribution in [0.2, 0.25) is 0 Å². The van der Waals surface area contributed by atoms with Crippen LogP contribution in [0.15, 0.2) is 60.7 Å². The van der Waals surface area contributed by atoms with Crippen molar-refractivity contribution in [2.45, 2.75) is 127 Å². The van der Waals surface area contributed by atoms with Gasteiger partial charge >= 0.3 is 0 Å². The SMILES string of the molecule is CC(C)(c1ccccc1)C(OC1CCCCC1)C(=O)C(OC1CCCCC1)C(C)(C)c1ccccc1. The molecule has 0 aliphatic heterocycles. The third kappa shape index (κ3) is 6.29. The largest absolute Gasteiger partial charge is 0.366 e. The van der Waals surface area contributed by atoms with E-state index in [0.29, 0.717) is 0 Å². The molecule has 0 aromatic heterocycles. The zero-order valence-electron chi connectivity index (χ0n) is 22.9. The van der Waals surface area contributed by atoms with Crippen molar-refractivity contribution in [1.29, 1.82) is 0 Å². The van der Waals surface area contributed by atoms with Crippen molar-refractivity contribution in [1.82, 2.24) is 0 Å². The first-order chi connectivity index (χ1) is 17.3. The van der Waals surface area contributed by atoms with E-state index in [1.165, 1.54) is 38.5 Å². The summed E-state index contributed by atoms with van der Waals surface area (Å²) in [6.45, 7) is 8.67. The summed E-state index contributed by atoms with van der Waals surface area (Å²) in [5.41, 5.74) is 1.31. The zero-order valence-corrected chi connectivity index (χ0v) is 22.9. The third-order valence-corrected chi connectivity index (χ3v) is 8.62. The van der Waals surface area contributed by atoms with E-state index in [1.807, 2.05) is 12.1 Å². The Balaban J connectivity index is 1.72. The first-order valence-corrected chi connectivity index (χ1v) is 14.3. The molecule has 2 aliphatic carbocycles. The summed E-state index contributed by atoms with van der Waals surface area (Å²) in [5.74, 6) is 0.0915. The average molecular weight is 491 g/mol. The zero-order chi connectivity index (χ0) is 25.6. The van der Waals surface area contributed by atoms with Crippen LogP contribution in [0.3, 0.4) is 0 Å². The van der Waals surface area contributed by atoms with Gasteiger partial charge < -0.3 is 9.47 Å². The van der Waals surface area contributed by atoms with E-state index in [-0.39, 0.29) is 18.0 Å². The second-order valence-corrected chi connectivity index (χ2v) is 12.1. The molecule has 0 bridgehead atoms. The molecule has 196 valence electrons. The fourth-order valence-electron chi connectivity index (χ4n) is 6.15. The fourth-order valence-corrected chi connectivity index (χ4v) is 6.15. The van der Waals surface area contributed by atoms with Crippen LogP contribution in [-0.4, -0.2) is 30.2 Å². The molecule has 0 spiro atoms. The number of ketones is 1. The smallest absolute Gasteiger partial charge is 0.191 e. The number of ether oxygens (including phenoxy) is 2. The lowest BCUT2D eigenvalue weighted by Gasteiger charge is -2.43. The molecule has 2 fully saturated rings. The van der Waals surface area contributed by atoms with E-state index in [2.05, 4.69) is 76.2 Å². The molecular weight excluding hydrogens is 444 g/mol. The molecule has 0 heterocycles. The summed E-state index contributed by atoms with van der Waals surface area (Å²) >= 11 is 0. The number of hydrogen-bond donors (Lipinski definition) is 0. The highest BCUT2D eigenvalue weighted by atomic mass is 16.5. The lowest BCUT2D eigenvalue weighted by atomic mass is 9.71. The van der Waals surface area contributed by atoms with Crippen LogP contribution >= 0.6 is 0 Å². The Morgan fingerprint density at radius 3 is 1.28 bits per heavy atom. The highest BCUT2D eigenvalue weighted by Crippen LogP contribution is 2.39. The van der Waals surface area contributed by atoms with Gasteiger partial charge in [-0.2, -0.15) is 0 Å². The van der Waals surface area contributed by atoms with Crippen LogP contribution in [0.4, 0.5) is 0 Å². The van der Waals surface area contributed by atoms with Crippen molar-refractivity contribution in [3.8, 4) is 0 Å². The minimum absolute atomic E-state index is 0.0915. The molecule has 0 amide bonds. The molecule has 2 aromatic carbocycles. The van der Waals surface area contributed by atoms with Crippen molar-refractivity contribution >= 4 is 5.78 Å². The van der Waals surface area contributed by atoms with E-state index in [1.54, 1.807) is 0 Å². The van der Waals surface area contributed by atoms with Crippen LogP contribution in [0, 0.1) is 0 Å². The molecule has 2 unspecified atom stereocenters. The Morgan fingerprint density at radius 1 is 0.611 bits per heavy atom. The molecule has 2 atom stereocenters. The molecule has 2 aliphatic rings. The number of carbonyl (C=O) groups is 1. The van der Waals surface area contributed by atoms with E-state index in [9.17, 15) is 4.79 Å². The number of benzene rings is 2. The second kappa shape index (κ2) is 12.0. The Morgan fingerprint density at radius 2 is 0.944 bits per heavy atom. The highest BCUT2D eigenvalue weighted by molar-refractivity contribution is 5.90. The van der Waals surface area contributed by atoms with Gasteiger partial charge in [-0.25, -0.2) is 0 Å². The first-order valence-electron chi connectivity index (χ1n) is 14.3. The lowest BCUT2D eigenvalue weighted by molar-refractivity contribution is -0.163. The Bertz CT molecular complexity index is 860. The molecule has 2 aromatic rings. The predicted molar refractivity (Wildman–Crippen MR) is 147 cm³/mol. The van der Waals surface area contributed by atoms with Crippen molar-refractivity contribution in [3.63, 3.8) is 0 Å². The molecule has 4 rings (SSSR count). The van der Waals surface area contributed by atoms with Gasteiger partial charge in [0.25, 0.3) is 0 Å². The fraction of sp³-hybridized carbons (Fsp3) is 0.606. The van der Waals surface area contributed by atoms with Gasteiger partial charge in [0, 0.05) is 10.8 Å². The summed E-state index contributed by atoms with van der Waals surface area (Å²) in [5, 5.41) is 0. The Hall–Kier alpha value is -1.97. The van der Waals surface area contributed by atoms with Crippen LogP contribution < -0.4 is 0 Å². The lowest BCUT2D eigenvalue weighted by Crippen LogP contribution is -2.55. The molecule has 0 N–H and O–H groups in total. The Labute approximate surface area is 219 Å². The maximum absolute atomic E-state index is 14.8. The summed E-state index contributed by atoms with van der Waals surface area (Å²) in [6.07, 6.45) is 10.5. The maximum Gasteiger partial charge on any atom is 0.191 e. The third-order valence-electron chi connectivity index (χ3n) is 8.62. The van der Waals surface area contributed by atoms with Gasteiger partial charge in [-0.3, -0.25) is 4.79 Å². The molecular formula is C33H46O3. The van der Waals surface area contributed by atoms with E-state index >= 15 is 0 Å². The summed E-state index contributed by atoms with van der Waals surface area (Å²) in [6, 6.07) is 20.8. The topological polar surface area (TPSA) is 35.5 Å². The van der Waals surface area contributed by atoms with Gasteiger partial charge in [0.2, 0.25) is 0 Å². The van der Waals surface area contributed by atoms with Crippen LogP contribution in [0.25, 0.3) is 0 Å². The standard InChI is InChI=1S/C33H46O3/c1-32(2,25-17-9-5-10-18-25)30(35-27-21-13-7-14-22-27)29(34)31(36-28-23-15-8-16-24-28)33(3,4)26-19-11-6-12-20-26/h5-6,9-12,17-20,27-28,30-31H,7-8,13-16,21-24H2,1-4H3. The number of carbonyl (C=O) groups excluding carboxylic acids is 1. The van der Waals surface area contributed by atoms with Gasteiger partial charge in [0.05, 0.1) is 12.2 Å². The quantitative estimate of drug-likeness (QED) is 0.339. The summed E-state index contributed by atoms with van der Waals surface area (Å²) in [4.78, 5) is 14.8. The monoisotopic (exact) mass is 490 g/mol. The average Bonchev–Trinajstić information content (AvgIpc) is 2.92. The number of Topliss-reactive ketones (excluding diaryl/α,β-unsaturated/α-hetero) is 1. The molecule has 3 heteroatoms. The molecule has 36 heavy (non-hydrogen) atoms. The summed E-state index contributed by atoms with van der Waals surface area (Å²) in [7, 11) is 0.